The second-order valence-corrected chi connectivity index (χ2v) is 2.97. The Kier molecular flexibility index (Phi) is 6.03. The van der Waals surface area contributed by atoms with Crippen molar-refractivity contribution in [3.8, 4) is 0 Å². The molecule has 86 valence electrons. The van der Waals surface area contributed by atoms with Gasteiger partial charge >= 0.3 is 5.97 Å². The Balaban J connectivity index is 3.57. The van der Waals surface area contributed by atoms with Gasteiger partial charge in [-0.3, -0.25) is 14.4 Å². The molecule has 15 heavy (non-hydrogen) atoms. The van der Waals surface area contributed by atoms with E-state index in [2.05, 4.69) is 5.32 Å². The lowest BCUT2D eigenvalue weighted by molar-refractivity contribution is -0.137. The Morgan fingerprint density at radius 1 is 1.27 bits per heavy atom. The normalized spacial score (nSPS) is 11.8. The molecule has 0 saturated carbocycles. The van der Waals surface area contributed by atoms with E-state index in [1.54, 1.807) is 0 Å². The zero-order valence-electron chi connectivity index (χ0n) is 8.10. The fourth-order valence-corrected chi connectivity index (χ4v) is 0.800. The lowest BCUT2D eigenvalue weighted by Crippen LogP contribution is -2.39. The Labute approximate surface area is 86.3 Å². The van der Waals surface area contributed by atoms with Gasteiger partial charge in [-0.15, -0.1) is 0 Å². The molecular formula is C8H14N2O5. The van der Waals surface area contributed by atoms with Crippen molar-refractivity contribution in [1.82, 2.24) is 5.32 Å². The third-order valence-electron chi connectivity index (χ3n) is 1.62. The van der Waals surface area contributed by atoms with Crippen molar-refractivity contribution >= 4 is 17.8 Å². The number of hydrogen-bond donors (Lipinski definition) is 4. The molecule has 0 bridgehead atoms. The van der Waals surface area contributed by atoms with Gasteiger partial charge in [0.25, 0.3) is 0 Å². The van der Waals surface area contributed by atoms with Crippen molar-refractivity contribution in [3.63, 3.8) is 0 Å². The van der Waals surface area contributed by atoms with Gasteiger partial charge in [0, 0.05) is 12.8 Å². The second kappa shape index (κ2) is 6.77. The molecule has 2 amide bonds. The van der Waals surface area contributed by atoms with Crippen LogP contribution in [0.1, 0.15) is 19.3 Å². The smallest absolute Gasteiger partial charge is 0.303 e. The average molecular weight is 218 g/mol. The summed E-state index contributed by atoms with van der Waals surface area (Å²) < 4.78 is 0. The number of aliphatic hydroxyl groups is 1. The summed E-state index contributed by atoms with van der Waals surface area (Å²) in [5.74, 6) is -2.31. The molecule has 1 unspecified atom stereocenters. The maximum atomic E-state index is 11.0. The summed E-state index contributed by atoms with van der Waals surface area (Å²) >= 11 is 0. The van der Waals surface area contributed by atoms with E-state index in [4.69, 9.17) is 15.9 Å². The highest BCUT2D eigenvalue weighted by atomic mass is 16.4. The number of nitrogens with one attached hydrogen (secondary N) is 1. The van der Waals surface area contributed by atoms with E-state index in [0.717, 1.165) is 0 Å². The SMILES string of the molecule is NC(=O)C(O)CNC(=O)CCCC(=O)O. The van der Waals surface area contributed by atoms with Crippen LogP contribution in [0, 0.1) is 0 Å². The topological polar surface area (TPSA) is 130 Å². The number of carbonyl (C=O) groups is 3. The van der Waals surface area contributed by atoms with Crippen LogP contribution in [0.4, 0.5) is 0 Å². The molecular weight excluding hydrogens is 204 g/mol. The van der Waals surface area contributed by atoms with Crippen molar-refractivity contribution in [1.29, 1.82) is 0 Å². The molecule has 5 N–H and O–H groups in total. The zero-order chi connectivity index (χ0) is 11.8. The summed E-state index contributed by atoms with van der Waals surface area (Å²) in [6, 6.07) is 0. The van der Waals surface area contributed by atoms with E-state index in [9.17, 15) is 14.4 Å². The van der Waals surface area contributed by atoms with Crippen LogP contribution in [0.5, 0.6) is 0 Å². The maximum absolute atomic E-state index is 11.0. The Morgan fingerprint density at radius 2 is 1.87 bits per heavy atom. The van der Waals surface area contributed by atoms with Crippen LogP contribution in [0.2, 0.25) is 0 Å². The fraction of sp³-hybridized carbons (Fsp3) is 0.625. The summed E-state index contributed by atoms with van der Waals surface area (Å²) in [7, 11) is 0. The predicted octanol–water partition coefficient (Wildman–Crippen LogP) is -1.80. The fourth-order valence-electron chi connectivity index (χ4n) is 0.800. The highest BCUT2D eigenvalue weighted by molar-refractivity contribution is 5.81. The number of amides is 2. The summed E-state index contributed by atoms with van der Waals surface area (Å²) in [6.45, 7) is -0.249. The largest absolute Gasteiger partial charge is 0.481 e. The van der Waals surface area contributed by atoms with Crippen LogP contribution in [-0.2, 0) is 14.4 Å². The van der Waals surface area contributed by atoms with Crippen molar-refractivity contribution in [2.75, 3.05) is 6.54 Å². The highest BCUT2D eigenvalue weighted by Crippen LogP contribution is 1.94. The molecule has 0 aromatic heterocycles. The van der Waals surface area contributed by atoms with Gasteiger partial charge in [0.1, 0.15) is 6.10 Å². The first-order valence-corrected chi connectivity index (χ1v) is 4.39. The Hall–Kier alpha value is -1.63. The van der Waals surface area contributed by atoms with E-state index in [1.165, 1.54) is 0 Å². The van der Waals surface area contributed by atoms with Gasteiger partial charge in [0.15, 0.2) is 0 Å². The summed E-state index contributed by atoms with van der Waals surface area (Å²) in [5, 5.41) is 19.4. The molecule has 0 radical (unpaired) electrons. The molecule has 0 saturated heterocycles. The van der Waals surface area contributed by atoms with E-state index in [-0.39, 0.29) is 25.8 Å². The van der Waals surface area contributed by atoms with Gasteiger partial charge in [-0.05, 0) is 6.42 Å². The number of primary amides is 1. The minimum atomic E-state index is -1.41. The number of aliphatic hydroxyl groups excluding tert-OH is 1. The molecule has 0 rings (SSSR count). The Bertz CT molecular complexity index is 253. The van der Waals surface area contributed by atoms with Gasteiger partial charge in [0.05, 0.1) is 6.54 Å². The first kappa shape index (κ1) is 13.4. The van der Waals surface area contributed by atoms with E-state index in [0.29, 0.717) is 0 Å². The third-order valence-corrected chi connectivity index (χ3v) is 1.62. The van der Waals surface area contributed by atoms with Gasteiger partial charge in [0.2, 0.25) is 11.8 Å². The van der Waals surface area contributed by atoms with Crippen LogP contribution in [0.15, 0.2) is 0 Å². The molecule has 0 heterocycles. The summed E-state index contributed by atoms with van der Waals surface area (Å²) in [6.07, 6.45) is -1.24. The van der Waals surface area contributed by atoms with Crippen LogP contribution in [-0.4, -0.2) is 40.6 Å². The van der Waals surface area contributed by atoms with E-state index in [1.807, 2.05) is 0 Å². The minimum Gasteiger partial charge on any atom is -0.481 e. The number of aliphatic carboxylic acids is 1. The molecule has 0 aliphatic heterocycles. The molecule has 0 spiro atoms. The summed E-state index contributed by atoms with van der Waals surface area (Å²) in [4.78, 5) is 31.4. The molecule has 7 heteroatoms. The number of carbonyl (C=O) groups excluding carboxylic acids is 2. The van der Waals surface area contributed by atoms with Gasteiger partial charge in [-0.25, -0.2) is 0 Å². The standard InChI is InChI=1S/C8H14N2O5/c9-8(15)5(11)4-10-6(12)2-1-3-7(13)14/h5,11H,1-4H2,(H2,9,15)(H,10,12)(H,13,14). The van der Waals surface area contributed by atoms with Crippen molar-refractivity contribution < 1.29 is 24.6 Å². The quantitative estimate of drug-likeness (QED) is 0.400. The zero-order valence-corrected chi connectivity index (χ0v) is 8.10. The molecule has 7 nitrogen and oxygen atoms in total. The van der Waals surface area contributed by atoms with Crippen LogP contribution >= 0.6 is 0 Å². The minimum absolute atomic E-state index is 0.0395. The molecule has 0 fully saturated rings. The average Bonchev–Trinajstić information content (AvgIpc) is 2.13. The molecule has 0 aromatic rings. The monoisotopic (exact) mass is 218 g/mol. The first-order valence-electron chi connectivity index (χ1n) is 4.39. The predicted molar refractivity (Wildman–Crippen MR) is 49.7 cm³/mol. The second-order valence-electron chi connectivity index (χ2n) is 2.97. The van der Waals surface area contributed by atoms with Gasteiger partial charge in [-0.2, -0.15) is 0 Å². The highest BCUT2D eigenvalue weighted by Gasteiger charge is 2.11. The van der Waals surface area contributed by atoms with Crippen molar-refractivity contribution in [2.45, 2.75) is 25.4 Å². The van der Waals surface area contributed by atoms with Crippen molar-refractivity contribution in [3.05, 3.63) is 0 Å². The number of rotatable bonds is 7. The maximum Gasteiger partial charge on any atom is 0.303 e. The van der Waals surface area contributed by atoms with Crippen LogP contribution in [0.3, 0.4) is 0 Å². The number of carboxylic acids is 1. The number of carboxylic acid groups (broad SMARTS) is 1. The molecule has 0 aromatic carbocycles. The van der Waals surface area contributed by atoms with Gasteiger partial charge < -0.3 is 21.3 Å². The third kappa shape index (κ3) is 7.44. The number of nitrogens with two attached hydrogens (primary N) is 1. The van der Waals surface area contributed by atoms with E-state index < -0.39 is 23.9 Å². The summed E-state index contributed by atoms with van der Waals surface area (Å²) in [5.41, 5.74) is 4.74. The molecule has 0 aliphatic carbocycles. The lowest BCUT2D eigenvalue weighted by Gasteiger charge is -2.07. The van der Waals surface area contributed by atoms with E-state index >= 15 is 0 Å². The van der Waals surface area contributed by atoms with Crippen LogP contribution < -0.4 is 11.1 Å². The van der Waals surface area contributed by atoms with Crippen LogP contribution in [0.25, 0.3) is 0 Å². The molecule has 1 atom stereocenters. The first-order chi connectivity index (χ1) is 6.93. The van der Waals surface area contributed by atoms with Crippen molar-refractivity contribution in [2.24, 2.45) is 5.73 Å². The molecule has 0 aliphatic rings. The Morgan fingerprint density at radius 3 is 2.33 bits per heavy atom. The van der Waals surface area contributed by atoms with Gasteiger partial charge in [-0.1, -0.05) is 0 Å². The lowest BCUT2D eigenvalue weighted by atomic mass is 10.2. The number of hydrogen-bond acceptors (Lipinski definition) is 4.